The van der Waals surface area contributed by atoms with E-state index in [1.165, 1.54) is 0 Å². The van der Waals surface area contributed by atoms with Crippen molar-refractivity contribution in [2.75, 3.05) is 31.2 Å². The molecule has 0 bridgehead atoms. The lowest BCUT2D eigenvalue weighted by Gasteiger charge is -2.19. The molecule has 1 heterocycles. The number of rotatable bonds is 4. The first-order valence-corrected chi connectivity index (χ1v) is 7.46. The number of aliphatic hydroxyl groups excluding tert-OH is 1. The van der Waals surface area contributed by atoms with Crippen molar-refractivity contribution in [3.63, 3.8) is 0 Å². The molecule has 94 valence electrons. The molecule has 1 fully saturated rings. The number of nitrogens with zero attached hydrogens (tertiary/aromatic N) is 1. The fraction of sp³-hybridized carbons (Fsp3) is 0.900. The van der Waals surface area contributed by atoms with Gasteiger partial charge in [0, 0.05) is 26.1 Å². The summed E-state index contributed by atoms with van der Waals surface area (Å²) in [5.74, 6) is 0.275. The summed E-state index contributed by atoms with van der Waals surface area (Å²) in [5.41, 5.74) is 0. The number of hydrogen-bond acceptors (Lipinski definition) is 4. The summed E-state index contributed by atoms with van der Waals surface area (Å²) in [6.07, 6.45) is 2.23. The minimum atomic E-state index is -2.94. The van der Waals surface area contributed by atoms with Crippen LogP contribution < -0.4 is 0 Å². The van der Waals surface area contributed by atoms with Crippen LogP contribution in [0.5, 0.6) is 0 Å². The summed E-state index contributed by atoms with van der Waals surface area (Å²) in [7, 11) is -2.94. The van der Waals surface area contributed by atoms with Crippen LogP contribution in [0.1, 0.15) is 25.7 Å². The molecule has 16 heavy (non-hydrogen) atoms. The molecule has 1 saturated heterocycles. The molecule has 1 amide bonds. The van der Waals surface area contributed by atoms with E-state index in [1.807, 2.05) is 0 Å². The average Bonchev–Trinajstić information content (AvgIpc) is 2.39. The molecule has 1 N–H and O–H groups in total. The summed E-state index contributed by atoms with van der Waals surface area (Å²) >= 11 is 0. The van der Waals surface area contributed by atoms with E-state index < -0.39 is 9.84 Å². The van der Waals surface area contributed by atoms with Crippen LogP contribution in [0.3, 0.4) is 0 Å². The van der Waals surface area contributed by atoms with E-state index in [2.05, 4.69) is 0 Å². The molecule has 1 aliphatic rings. The maximum atomic E-state index is 11.7. The van der Waals surface area contributed by atoms with Crippen LogP contribution in [0, 0.1) is 0 Å². The SMILES string of the molecule is O=C(CCCCO)N1CCCS(=O)(=O)CC1. The van der Waals surface area contributed by atoms with Gasteiger partial charge in [-0.1, -0.05) is 0 Å². The van der Waals surface area contributed by atoms with Gasteiger partial charge < -0.3 is 10.0 Å². The van der Waals surface area contributed by atoms with Gasteiger partial charge in [-0.3, -0.25) is 4.79 Å². The average molecular weight is 249 g/mol. The zero-order valence-corrected chi connectivity index (χ0v) is 10.2. The van der Waals surface area contributed by atoms with Gasteiger partial charge in [-0.05, 0) is 19.3 Å². The summed E-state index contributed by atoms with van der Waals surface area (Å²) in [4.78, 5) is 13.3. The highest BCUT2D eigenvalue weighted by Crippen LogP contribution is 2.08. The Balaban J connectivity index is 2.39. The lowest BCUT2D eigenvalue weighted by atomic mass is 10.2. The van der Waals surface area contributed by atoms with E-state index in [9.17, 15) is 13.2 Å². The highest BCUT2D eigenvalue weighted by atomic mass is 32.2. The second-order valence-corrected chi connectivity index (χ2v) is 6.37. The largest absolute Gasteiger partial charge is 0.396 e. The van der Waals surface area contributed by atoms with Gasteiger partial charge in [0.15, 0.2) is 9.84 Å². The summed E-state index contributed by atoms with van der Waals surface area (Å²) in [6.45, 7) is 0.957. The van der Waals surface area contributed by atoms with Crippen LogP contribution in [0.15, 0.2) is 0 Å². The minimum absolute atomic E-state index is 0.00514. The maximum absolute atomic E-state index is 11.7. The Labute approximate surface area is 96.4 Å². The molecule has 0 atom stereocenters. The molecule has 1 rings (SSSR count). The molecule has 0 aromatic heterocycles. The van der Waals surface area contributed by atoms with Crippen molar-refractivity contribution in [1.82, 2.24) is 4.90 Å². The lowest BCUT2D eigenvalue weighted by molar-refractivity contribution is -0.131. The Bertz CT molecular complexity index is 326. The number of carbonyl (C=O) groups is 1. The monoisotopic (exact) mass is 249 g/mol. The van der Waals surface area contributed by atoms with Crippen LogP contribution in [0.25, 0.3) is 0 Å². The Morgan fingerprint density at radius 3 is 2.62 bits per heavy atom. The molecule has 0 aromatic rings. The van der Waals surface area contributed by atoms with Crippen molar-refractivity contribution in [2.24, 2.45) is 0 Å². The molecule has 0 unspecified atom stereocenters. The van der Waals surface area contributed by atoms with Gasteiger partial charge in [0.2, 0.25) is 5.91 Å². The lowest BCUT2D eigenvalue weighted by Crippen LogP contribution is -2.33. The first kappa shape index (κ1) is 13.4. The van der Waals surface area contributed by atoms with Crippen molar-refractivity contribution < 1.29 is 18.3 Å². The number of carbonyl (C=O) groups excluding carboxylic acids is 1. The molecule has 5 nitrogen and oxygen atoms in total. The quantitative estimate of drug-likeness (QED) is 0.700. The third kappa shape index (κ3) is 4.49. The number of hydrogen-bond donors (Lipinski definition) is 1. The molecule has 0 aromatic carbocycles. The predicted molar refractivity (Wildman–Crippen MR) is 60.8 cm³/mol. The normalized spacial score (nSPS) is 20.4. The van der Waals surface area contributed by atoms with E-state index >= 15 is 0 Å². The third-order valence-corrected chi connectivity index (χ3v) is 4.42. The number of unbranched alkanes of at least 4 members (excludes halogenated alkanes) is 1. The second kappa shape index (κ2) is 6.20. The van der Waals surface area contributed by atoms with Gasteiger partial charge in [-0.2, -0.15) is 0 Å². The highest BCUT2D eigenvalue weighted by Gasteiger charge is 2.21. The van der Waals surface area contributed by atoms with Crippen molar-refractivity contribution in [1.29, 1.82) is 0 Å². The zero-order valence-electron chi connectivity index (χ0n) is 9.39. The van der Waals surface area contributed by atoms with Gasteiger partial charge in [0.25, 0.3) is 0 Å². The minimum Gasteiger partial charge on any atom is -0.396 e. The third-order valence-electron chi connectivity index (χ3n) is 2.71. The van der Waals surface area contributed by atoms with Gasteiger partial charge >= 0.3 is 0 Å². The summed E-state index contributed by atoms with van der Waals surface area (Å²) < 4.78 is 22.7. The van der Waals surface area contributed by atoms with Crippen LogP contribution in [-0.2, 0) is 14.6 Å². The molecule has 0 spiro atoms. The first-order chi connectivity index (χ1) is 7.55. The predicted octanol–water partition coefficient (Wildman–Crippen LogP) is -0.204. The van der Waals surface area contributed by atoms with Crippen molar-refractivity contribution in [3.8, 4) is 0 Å². The molecule has 1 aliphatic heterocycles. The van der Waals surface area contributed by atoms with Crippen LogP contribution in [0.2, 0.25) is 0 Å². The second-order valence-electron chi connectivity index (χ2n) is 4.07. The van der Waals surface area contributed by atoms with Crippen LogP contribution in [-0.4, -0.2) is 55.5 Å². The number of amides is 1. The Morgan fingerprint density at radius 2 is 1.94 bits per heavy atom. The molecular weight excluding hydrogens is 230 g/mol. The summed E-state index contributed by atoms with van der Waals surface area (Å²) in [5, 5.41) is 8.60. The van der Waals surface area contributed by atoms with Crippen LogP contribution in [0.4, 0.5) is 0 Å². The number of sulfone groups is 1. The maximum Gasteiger partial charge on any atom is 0.222 e. The number of aliphatic hydroxyl groups is 1. The molecule has 6 heteroatoms. The smallest absolute Gasteiger partial charge is 0.222 e. The van der Waals surface area contributed by atoms with Gasteiger partial charge in [-0.15, -0.1) is 0 Å². The van der Waals surface area contributed by atoms with Crippen molar-refractivity contribution in [3.05, 3.63) is 0 Å². The van der Waals surface area contributed by atoms with Gasteiger partial charge in [-0.25, -0.2) is 8.42 Å². The molecule has 0 saturated carbocycles. The fourth-order valence-electron chi connectivity index (χ4n) is 1.73. The molecular formula is C10H19NO4S. The van der Waals surface area contributed by atoms with Crippen molar-refractivity contribution >= 4 is 15.7 Å². The summed E-state index contributed by atoms with van der Waals surface area (Å²) in [6, 6.07) is 0. The van der Waals surface area contributed by atoms with Gasteiger partial charge in [0.05, 0.1) is 11.5 Å². The van der Waals surface area contributed by atoms with E-state index in [4.69, 9.17) is 5.11 Å². The highest BCUT2D eigenvalue weighted by molar-refractivity contribution is 7.91. The van der Waals surface area contributed by atoms with E-state index in [1.54, 1.807) is 4.90 Å². The van der Waals surface area contributed by atoms with Gasteiger partial charge in [0.1, 0.15) is 0 Å². The van der Waals surface area contributed by atoms with E-state index in [-0.39, 0.29) is 24.0 Å². The van der Waals surface area contributed by atoms with E-state index in [0.717, 1.165) is 0 Å². The topological polar surface area (TPSA) is 74.7 Å². The molecule has 0 aliphatic carbocycles. The Hall–Kier alpha value is -0.620. The zero-order chi connectivity index (χ0) is 12.0. The van der Waals surface area contributed by atoms with Crippen LogP contribution >= 0.6 is 0 Å². The Kier molecular flexibility index (Phi) is 5.21. The first-order valence-electron chi connectivity index (χ1n) is 5.64. The Morgan fingerprint density at radius 1 is 1.19 bits per heavy atom. The van der Waals surface area contributed by atoms with Crippen molar-refractivity contribution in [2.45, 2.75) is 25.7 Å². The standard InChI is InChI=1S/C10H19NO4S/c12-7-2-1-4-10(13)11-5-3-8-16(14,15)9-6-11/h12H,1-9H2. The fourth-order valence-corrected chi connectivity index (χ4v) is 3.01. The molecule has 0 radical (unpaired) electrons. The van der Waals surface area contributed by atoms with E-state index in [0.29, 0.717) is 38.8 Å².